The first kappa shape index (κ1) is 22.5. The highest BCUT2D eigenvalue weighted by atomic mass is 32.2. The van der Waals surface area contributed by atoms with E-state index < -0.39 is 23.4 Å². The number of rotatable bonds is 8. The SMILES string of the molecule is Cc1ccccc1-n1nnnc1SCC(=O)NN1C(=O)NC(C)(CCc2ccccc2)C1=O. The second-order valence-corrected chi connectivity index (χ2v) is 8.81. The van der Waals surface area contributed by atoms with E-state index >= 15 is 0 Å². The van der Waals surface area contributed by atoms with E-state index in [4.69, 9.17) is 0 Å². The van der Waals surface area contributed by atoms with Gasteiger partial charge >= 0.3 is 6.03 Å². The Balaban J connectivity index is 1.35. The zero-order chi connectivity index (χ0) is 23.4. The van der Waals surface area contributed by atoms with E-state index in [1.807, 2.05) is 61.5 Å². The summed E-state index contributed by atoms with van der Waals surface area (Å²) in [5.74, 6) is -1.09. The molecule has 33 heavy (non-hydrogen) atoms. The lowest BCUT2D eigenvalue weighted by Crippen LogP contribution is -2.49. The lowest BCUT2D eigenvalue weighted by Gasteiger charge is -2.21. The molecule has 2 aromatic carbocycles. The lowest BCUT2D eigenvalue weighted by molar-refractivity contribution is -0.138. The number of imide groups is 1. The third-order valence-corrected chi connectivity index (χ3v) is 6.29. The minimum Gasteiger partial charge on any atom is -0.322 e. The van der Waals surface area contributed by atoms with Crippen LogP contribution in [0.25, 0.3) is 5.69 Å². The average molecular weight is 466 g/mol. The Morgan fingerprint density at radius 1 is 1.12 bits per heavy atom. The van der Waals surface area contributed by atoms with E-state index in [0.717, 1.165) is 33.6 Å². The van der Waals surface area contributed by atoms with Gasteiger partial charge in [0, 0.05) is 0 Å². The van der Waals surface area contributed by atoms with Gasteiger partial charge in [0.05, 0.1) is 11.4 Å². The maximum absolute atomic E-state index is 12.9. The molecule has 0 aliphatic carbocycles. The van der Waals surface area contributed by atoms with E-state index in [2.05, 4.69) is 26.3 Å². The van der Waals surface area contributed by atoms with Gasteiger partial charge in [-0.15, -0.1) is 5.10 Å². The molecule has 2 N–H and O–H groups in total. The monoisotopic (exact) mass is 465 g/mol. The topological polar surface area (TPSA) is 122 Å². The van der Waals surface area contributed by atoms with Crippen molar-refractivity contribution in [3.8, 4) is 5.69 Å². The van der Waals surface area contributed by atoms with Crippen LogP contribution in [-0.4, -0.2) is 54.4 Å². The zero-order valence-electron chi connectivity index (χ0n) is 18.2. The number of urea groups is 1. The number of amides is 4. The molecule has 2 heterocycles. The summed E-state index contributed by atoms with van der Waals surface area (Å²) in [6, 6.07) is 16.6. The molecule has 1 aliphatic rings. The normalized spacial score (nSPS) is 17.8. The van der Waals surface area contributed by atoms with Gasteiger partial charge in [-0.05, 0) is 54.3 Å². The molecule has 1 saturated heterocycles. The molecule has 0 spiro atoms. The molecular formula is C22H23N7O3S. The molecule has 10 nitrogen and oxygen atoms in total. The lowest BCUT2D eigenvalue weighted by atomic mass is 9.93. The molecule has 3 aromatic rings. The number of hydrogen-bond donors (Lipinski definition) is 2. The van der Waals surface area contributed by atoms with Crippen LogP contribution >= 0.6 is 11.8 Å². The largest absolute Gasteiger partial charge is 0.344 e. The summed E-state index contributed by atoms with van der Waals surface area (Å²) < 4.78 is 1.54. The Morgan fingerprint density at radius 2 is 1.85 bits per heavy atom. The maximum Gasteiger partial charge on any atom is 0.344 e. The summed E-state index contributed by atoms with van der Waals surface area (Å²) in [6.07, 6.45) is 1.02. The molecule has 0 radical (unpaired) electrons. The van der Waals surface area contributed by atoms with E-state index in [1.54, 1.807) is 11.6 Å². The molecule has 0 saturated carbocycles. The molecule has 11 heteroatoms. The summed E-state index contributed by atoms with van der Waals surface area (Å²) in [5.41, 5.74) is 4.14. The first-order valence-electron chi connectivity index (χ1n) is 10.3. The van der Waals surface area contributed by atoms with Crippen LogP contribution in [-0.2, 0) is 16.0 Å². The fourth-order valence-corrected chi connectivity index (χ4v) is 4.18. The Bertz CT molecular complexity index is 1180. The number of hydrogen-bond acceptors (Lipinski definition) is 7. The molecule has 4 amide bonds. The summed E-state index contributed by atoms with van der Waals surface area (Å²) in [6.45, 7) is 3.60. The Hall–Kier alpha value is -3.73. The average Bonchev–Trinajstić information content (AvgIpc) is 3.36. The van der Waals surface area contributed by atoms with Crippen LogP contribution in [0.1, 0.15) is 24.5 Å². The molecule has 170 valence electrons. The predicted molar refractivity (Wildman–Crippen MR) is 121 cm³/mol. The van der Waals surface area contributed by atoms with E-state index in [9.17, 15) is 14.4 Å². The van der Waals surface area contributed by atoms with Crippen molar-refractivity contribution in [2.45, 2.75) is 37.4 Å². The van der Waals surface area contributed by atoms with Crippen molar-refractivity contribution in [1.29, 1.82) is 0 Å². The van der Waals surface area contributed by atoms with Crippen molar-refractivity contribution in [1.82, 2.24) is 36.0 Å². The number of carbonyl (C=O) groups is 3. The summed E-state index contributed by atoms with van der Waals surface area (Å²) in [5, 5.41) is 15.5. The number of thioether (sulfide) groups is 1. The zero-order valence-corrected chi connectivity index (χ0v) is 19.0. The molecule has 1 unspecified atom stereocenters. The van der Waals surface area contributed by atoms with E-state index in [1.165, 1.54) is 0 Å². The number of tetrazole rings is 1. The van der Waals surface area contributed by atoms with E-state index in [-0.39, 0.29) is 5.75 Å². The molecule has 0 bridgehead atoms. The van der Waals surface area contributed by atoms with E-state index in [0.29, 0.717) is 18.0 Å². The number of nitrogens with one attached hydrogen (secondary N) is 2. The number of benzene rings is 2. The third-order valence-electron chi connectivity index (χ3n) is 5.37. The van der Waals surface area contributed by atoms with Crippen LogP contribution in [0, 0.1) is 6.92 Å². The summed E-state index contributed by atoms with van der Waals surface area (Å²) in [7, 11) is 0. The van der Waals surface area contributed by atoms with Gasteiger partial charge in [0.2, 0.25) is 11.1 Å². The van der Waals surface area contributed by atoms with Crippen molar-refractivity contribution >= 4 is 29.6 Å². The number of nitrogens with zero attached hydrogens (tertiary/aromatic N) is 5. The highest BCUT2D eigenvalue weighted by molar-refractivity contribution is 7.99. The molecule has 4 rings (SSSR count). The maximum atomic E-state index is 12.9. The second kappa shape index (κ2) is 9.41. The second-order valence-electron chi connectivity index (χ2n) is 7.87. The predicted octanol–water partition coefficient (Wildman–Crippen LogP) is 2.04. The number of hydrazine groups is 1. The highest BCUT2D eigenvalue weighted by Gasteiger charge is 2.48. The van der Waals surface area contributed by atoms with Crippen molar-refractivity contribution < 1.29 is 14.4 Å². The number of aromatic nitrogens is 4. The molecule has 1 aliphatic heterocycles. The molecular weight excluding hydrogens is 442 g/mol. The Morgan fingerprint density at radius 3 is 2.61 bits per heavy atom. The first-order chi connectivity index (χ1) is 15.9. The van der Waals surface area contributed by atoms with Gasteiger partial charge in [0.25, 0.3) is 5.91 Å². The molecule has 1 atom stereocenters. The van der Waals surface area contributed by atoms with Crippen LogP contribution < -0.4 is 10.7 Å². The number of para-hydroxylation sites is 1. The third kappa shape index (κ3) is 4.87. The van der Waals surface area contributed by atoms with Crippen LogP contribution in [0.15, 0.2) is 59.8 Å². The van der Waals surface area contributed by atoms with Crippen molar-refractivity contribution in [3.05, 3.63) is 65.7 Å². The minimum absolute atomic E-state index is 0.0793. The van der Waals surface area contributed by atoms with Crippen molar-refractivity contribution in [3.63, 3.8) is 0 Å². The fourth-order valence-electron chi connectivity index (χ4n) is 3.50. The van der Waals surface area contributed by atoms with Gasteiger partial charge < -0.3 is 5.32 Å². The Labute approximate surface area is 194 Å². The number of aryl methyl sites for hydroxylation is 2. The first-order valence-corrected chi connectivity index (χ1v) is 11.3. The van der Waals surface area contributed by atoms with Crippen molar-refractivity contribution in [2.24, 2.45) is 0 Å². The van der Waals surface area contributed by atoms with Gasteiger partial charge in [-0.2, -0.15) is 9.69 Å². The number of carbonyl (C=O) groups excluding carboxylic acids is 3. The fraction of sp³-hybridized carbons (Fsp3) is 0.273. The molecule has 1 aromatic heterocycles. The van der Waals surface area contributed by atoms with Crippen LogP contribution in [0.3, 0.4) is 0 Å². The van der Waals surface area contributed by atoms with Gasteiger partial charge in [-0.25, -0.2) is 4.79 Å². The minimum atomic E-state index is -1.09. The smallest absolute Gasteiger partial charge is 0.322 e. The standard InChI is InChI=1S/C22H23N7O3S/c1-15-8-6-7-11-17(15)28-21(24-26-27-28)33-14-18(30)25-29-19(31)22(2,23-20(29)32)13-12-16-9-4-3-5-10-16/h3-11H,12-14H2,1-2H3,(H,23,32)(H,25,30). The van der Waals surface area contributed by atoms with Gasteiger partial charge in [0.1, 0.15) is 5.54 Å². The quantitative estimate of drug-likeness (QED) is 0.386. The van der Waals surface area contributed by atoms with Gasteiger partial charge in [0.15, 0.2) is 0 Å². The summed E-state index contributed by atoms with van der Waals surface area (Å²) >= 11 is 1.10. The van der Waals surface area contributed by atoms with Gasteiger partial charge in [-0.3, -0.25) is 15.0 Å². The van der Waals surface area contributed by atoms with Crippen molar-refractivity contribution in [2.75, 3.05) is 5.75 Å². The highest BCUT2D eigenvalue weighted by Crippen LogP contribution is 2.23. The molecule has 1 fully saturated rings. The van der Waals surface area contributed by atoms with Gasteiger partial charge in [-0.1, -0.05) is 60.3 Å². The van der Waals surface area contributed by atoms with Crippen LogP contribution in [0.2, 0.25) is 0 Å². The van der Waals surface area contributed by atoms with Crippen LogP contribution in [0.4, 0.5) is 4.79 Å². The van der Waals surface area contributed by atoms with Crippen LogP contribution in [0.5, 0.6) is 0 Å². The summed E-state index contributed by atoms with van der Waals surface area (Å²) in [4.78, 5) is 37.8. The Kier molecular flexibility index (Phi) is 6.40.